The van der Waals surface area contributed by atoms with Crippen LogP contribution in [-0.2, 0) is 4.79 Å². The summed E-state index contributed by atoms with van der Waals surface area (Å²) in [6.07, 6.45) is 6.46. The first-order valence-corrected chi connectivity index (χ1v) is 7.16. The van der Waals surface area contributed by atoms with Gasteiger partial charge in [-0.3, -0.25) is 4.79 Å². The minimum Gasteiger partial charge on any atom is -0.480 e. The third-order valence-electron chi connectivity index (χ3n) is 3.04. The van der Waals surface area contributed by atoms with E-state index < -0.39 is 12.0 Å². The van der Waals surface area contributed by atoms with Gasteiger partial charge < -0.3 is 15.7 Å². The van der Waals surface area contributed by atoms with E-state index in [1.807, 2.05) is 6.26 Å². The third kappa shape index (κ3) is 4.46. The number of carboxylic acid groups (broad SMARTS) is 1. The first kappa shape index (κ1) is 14.2. The molecule has 3 unspecified atom stereocenters. The predicted octanol–water partition coefficient (Wildman–Crippen LogP) is 1.43. The molecule has 0 heterocycles. The van der Waals surface area contributed by atoms with Crippen molar-refractivity contribution in [2.75, 3.05) is 6.26 Å². The molecule has 1 aliphatic rings. The summed E-state index contributed by atoms with van der Waals surface area (Å²) >= 11 is 1.76. The van der Waals surface area contributed by atoms with Crippen molar-refractivity contribution in [3.05, 3.63) is 0 Å². The number of carboxylic acids is 1. The van der Waals surface area contributed by atoms with E-state index in [4.69, 9.17) is 5.11 Å². The summed E-state index contributed by atoms with van der Waals surface area (Å²) < 4.78 is 0. The number of amides is 2. The van der Waals surface area contributed by atoms with E-state index in [0.29, 0.717) is 5.25 Å². The highest BCUT2D eigenvalue weighted by Gasteiger charge is 2.26. The van der Waals surface area contributed by atoms with E-state index in [2.05, 4.69) is 10.6 Å². The fourth-order valence-electron chi connectivity index (χ4n) is 2.01. The highest BCUT2D eigenvalue weighted by atomic mass is 32.2. The normalized spacial score (nSPS) is 26.0. The van der Waals surface area contributed by atoms with Crippen LogP contribution in [0.2, 0.25) is 0 Å². The fraction of sp³-hybridized carbons (Fsp3) is 0.818. The molecular formula is C11H20N2O3S. The number of aliphatic carboxylic acids is 1. The van der Waals surface area contributed by atoms with Crippen LogP contribution in [0.4, 0.5) is 4.79 Å². The Kier molecular flexibility index (Phi) is 5.61. The Bertz CT molecular complexity index is 286. The van der Waals surface area contributed by atoms with E-state index in [-0.39, 0.29) is 12.1 Å². The lowest BCUT2D eigenvalue weighted by atomic mass is 9.95. The second-order valence-electron chi connectivity index (χ2n) is 4.34. The Hall–Kier alpha value is -0.910. The summed E-state index contributed by atoms with van der Waals surface area (Å²) in [6.45, 7) is 1.45. The highest BCUT2D eigenvalue weighted by molar-refractivity contribution is 7.99. The molecule has 1 aliphatic carbocycles. The number of thioether (sulfide) groups is 1. The van der Waals surface area contributed by atoms with Crippen molar-refractivity contribution in [1.82, 2.24) is 10.6 Å². The summed E-state index contributed by atoms with van der Waals surface area (Å²) in [6, 6.07) is -1.09. The van der Waals surface area contributed by atoms with Crippen molar-refractivity contribution in [1.29, 1.82) is 0 Å². The molecule has 5 nitrogen and oxygen atoms in total. The smallest absolute Gasteiger partial charge is 0.325 e. The molecule has 1 rings (SSSR count). The summed E-state index contributed by atoms with van der Waals surface area (Å²) in [5, 5.41) is 14.4. The van der Waals surface area contributed by atoms with Gasteiger partial charge in [-0.15, -0.1) is 0 Å². The second-order valence-corrected chi connectivity index (χ2v) is 5.42. The first-order valence-electron chi connectivity index (χ1n) is 5.87. The van der Waals surface area contributed by atoms with Gasteiger partial charge in [0.05, 0.1) is 0 Å². The molecule has 17 heavy (non-hydrogen) atoms. The molecule has 0 saturated heterocycles. The minimum atomic E-state index is -1.02. The quantitative estimate of drug-likeness (QED) is 0.714. The van der Waals surface area contributed by atoms with E-state index in [1.165, 1.54) is 13.3 Å². The minimum absolute atomic E-state index is 0.153. The monoisotopic (exact) mass is 260 g/mol. The van der Waals surface area contributed by atoms with Gasteiger partial charge in [-0.25, -0.2) is 4.79 Å². The standard InChI is InChI=1S/C11H20N2O3S/c1-7(10(14)15)12-11(16)13-8-5-3-4-6-9(8)17-2/h7-9H,3-6H2,1-2H3,(H,14,15)(H2,12,13,16). The van der Waals surface area contributed by atoms with Crippen molar-refractivity contribution in [3.63, 3.8) is 0 Å². The summed E-state index contributed by atoms with van der Waals surface area (Å²) in [4.78, 5) is 22.2. The summed E-state index contributed by atoms with van der Waals surface area (Å²) in [5.74, 6) is -1.02. The molecular weight excluding hydrogens is 240 g/mol. The number of hydrogen-bond donors (Lipinski definition) is 3. The Morgan fingerprint density at radius 2 is 2.00 bits per heavy atom. The van der Waals surface area contributed by atoms with E-state index in [0.717, 1.165) is 19.3 Å². The average Bonchev–Trinajstić information content (AvgIpc) is 2.29. The molecule has 2 amide bonds. The molecule has 3 N–H and O–H groups in total. The van der Waals surface area contributed by atoms with Crippen molar-refractivity contribution >= 4 is 23.8 Å². The largest absolute Gasteiger partial charge is 0.480 e. The maximum Gasteiger partial charge on any atom is 0.325 e. The molecule has 1 fully saturated rings. The van der Waals surface area contributed by atoms with Crippen LogP contribution >= 0.6 is 11.8 Å². The number of urea groups is 1. The van der Waals surface area contributed by atoms with Gasteiger partial charge in [-0.05, 0) is 26.0 Å². The second kappa shape index (κ2) is 6.74. The zero-order valence-electron chi connectivity index (χ0n) is 10.2. The van der Waals surface area contributed by atoms with Gasteiger partial charge in [0.1, 0.15) is 6.04 Å². The van der Waals surface area contributed by atoms with Crippen LogP contribution in [0.3, 0.4) is 0 Å². The van der Waals surface area contributed by atoms with Crippen LogP contribution in [0.25, 0.3) is 0 Å². The Balaban J connectivity index is 2.41. The van der Waals surface area contributed by atoms with Crippen LogP contribution < -0.4 is 10.6 Å². The molecule has 0 aromatic heterocycles. The van der Waals surface area contributed by atoms with Gasteiger partial charge in [0.2, 0.25) is 0 Å². The first-order chi connectivity index (χ1) is 8.04. The highest BCUT2D eigenvalue weighted by Crippen LogP contribution is 2.26. The fourth-order valence-corrected chi connectivity index (χ4v) is 2.95. The number of carbonyl (C=O) groups is 2. The molecule has 0 spiro atoms. The molecule has 0 radical (unpaired) electrons. The van der Waals surface area contributed by atoms with Crippen molar-refractivity contribution in [2.24, 2.45) is 0 Å². The summed E-state index contributed by atoms with van der Waals surface area (Å²) in [5.41, 5.74) is 0. The Morgan fingerprint density at radius 3 is 2.59 bits per heavy atom. The predicted molar refractivity (Wildman–Crippen MR) is 68.3 cm³/mol. The lowest BCUT2D eigenvalue weighted by molar-refractivity contribution is -0.138. The maximum absolute atomic E-state index is 11.6. The van der Waals surface area contributed by atoms with E-state index in [1.54, 1.807) is 11.8 Å². The number of rotatable bonds is 4. The number of nitrogens with one attached hydrogen (secondary N) is 2. The lowest BCUT2D eigenvalue weighted by Crippen LogP contribution is -2.51. The zero-order chi connectivity index (χ0) is 12.8. The molecule has 0 aromatic carbocycles. The van der Waals surface area contributed by atoms with E-state index in [9.17, 15) is 9.59 Å². The third-order valence-corrected chi connectivity index (χ3v) is 4.21. The van der Waals surface area contributed by atoms with Gasteiger partial charge in [0.25, 0.3) is 0 Å². The van der Waals surface area contributed by atoms with Gasteiger partial charge in [-0.2, -0.15) is 11.8 Å². The molecule has 0 bridgehead atoms. The van der Waals surface area contributed by atoms with Gasteiger partial charge in [0, 0.05) is 11.3 Å². The van der Waals surface area contributed by atoms with Gasteiger partial charge in [-0.1, -0.05) is 12.8 Å². The van der Waals surface area contributed by atoms with Gasteiger partial charge in [0.15, 0.2) is 0 Å². The topological polar surface area (TPSA) is 78.4 Å². The lowest BCUT2D eigenvalue weighted by Gasteiger charge is -2.31. The molecule has 0 aromatic rings. The van der Waals surface area contributed by atoms with Crippen molar-refractivity contribution < 1.29 is 14.7 Å². The molecule has 3 atom stereocenters. The molecule has 1 saturated carbocycles. The molecule has 6 heteroatoms. The van der Waals surface area contributed by atoms with Crippen molar-refractivity contribution in [3.8, 4) is 0 Å². The zero-order valence-corrected chi connectivity index (χ0v) is 11.0. The number of carbonyl (C=O) groups excluding carboxylic acids is 1. The van der Waals surface area contributed by atoms with Crippen LogP contribution in [0.1, 0.15) is 32.6 Å². The van der Waals surface area contributed by atoms with E-state index >= 15 is 0 Å². The van der Waals surface area contributed by atoms with Crippen LogP contribution in [0.5, 0.6) is 0 Å². The maximum atomic E-state index is 11.6. The Morgan fingerprint density at radius 1 is 1.35 bits per heavy atom. The van der Waals surface area contributed by atoms with Crippen LogP contribution in [0.15, 0.2) is 0 Å². The van der Waals surface area contributed by atoms with Crippen LogP contribution in [-0.4, -0.2) is 40.7 Å². The average molecular weight is 260 g/mol. The summed E-state index contributed by atoms with van der Waals surface area (Å²) in [7, 11) is 0. The van der Waals surface area contributed by atoms with Gasteiger partial charge >= 0.3 is 12.0 Å². The SMILES string of the molecule is CSC1CCCCC1NC(=O)NC(C)C(=O)O. The number of hydrogen-bond acceptors (Lipinski definition) is 3. The van der Waals surface area contributed by atoms with Crippen LogP contribution in [0, 0.1) is 0 Å². The molecule has 98 valence electrons. The van der Waals surface area contributed by atoms with Crippen molar-refractivity contribution in [2.45, 2.75) is 49.9 Å². The Labute approximate surface area is 106 Å². The molecule has 0 aliphatic heterocycles.